The minimum atomic E-state index is 0.211. The van der Waals surface area contributed by atoms with E-state index in [0.717, 1.165) is 58.2 Å². The van der Waals surface area contributed by atoms with Gasteiger partial charge in [-0.05, 0) is 51.5 Å². The summed E-state index contributed by atoms with van der Waals surface area (Å²) in [4.78, 5) is 23.7. The van der Waals surface area contributed by atoms with Crippen LogP contribution in [-0.2, 0) is 4.79 Å². The molecule has 1 atom stereocenters. The second kappa shape index (κ2) is 13.9. The number of anilines is 1. The van der Waals surface area contributed by atoms with Gasteiger partial charge in [0.25, 0.3) is 0 Å². The molecular formula is C24H42N6O. The molecule has 0 saturated carbocycles. The van der Waals surface area contributed by atoms with Gasteiger partial charge in [0.05, 0.1) is 0 Å². The third-order valence-electron chi connectivity index (χ3n) is 6.00. The van der Waals surface area contributed by atoms with Crippen molar-refractivity contribution in [3.8, 4) is 0 Å². The third-order valence-corrected chi connectivity index (χ3v) is 6.00. The summed E-state index contributed by atoms with van der Waals surface area (Å²) in [5, 5.41) is 6.74. The average molecular weight is 431 g/mol. The molecule has 0 aliphatic carbocycles. The molecule has 7 heteroatoms. The molecular weight excluding hydrogens is 388 g/mol. The van der Waals surface area contributed by atoms with E-state index in [2.05, 4.69) is 70.5 Å². The number of nitrogens with zero attached hydrogens (tertiary/aromatic N) is 4. The zero-order valence-electron chi connectivity index (χ0n) is 19.9. The highest BCUT2D eigenvalue weighted by molar-refractivity contribution is 5.81. The van der Waals surface area contributed by atoms with Crippen LogP contribution in [0.5, 0.6) is 0 Å². The molecule has 31 heavy (non-hydrogen) atoms. The number of aliphatic imine (C=N–C) groups is 1. The Morgan fingerprint density at radius 1 is 1.13 bits per heavy atom. The standard InChI is InChI=1S/C24H42N6O/c1-5-28(6-2)16-10-11-21(3)27-24(25-4)26-15-14-23(31)30-19-17-29(18-20-30)22-12-8-7-9-13-22/h7-9,12-13,21H,5-6,10-11,14-20H2,1-4H3,(H2,25,26,27). The number of para-hydroxylation sites is 1. The summed E-state index contributed by atoms with van der Waals surface area (Å²) in [6.07, 6.45) is 2.75. The monoisotopic (exact) mass is 430 g/mol. The highest BCUT2D eigenvalue weighted by Gasteiger charge is 2.21. The maximum Gasteiger partial charge on any atom is 0.224 e. The summed E-state index contributed by atoms with van der Waals surface area (Å²) < 4.78 is 0. The van der Waals surface area contributed by atoms with Crippen molar-refractivity contribution in [3.63, 3.8) is 0 Å². The van der Waals surface area contributed by atoms with Gasteiger partial charge in [0.1, 0.15) is 0 Å². The highest BCUT2D eigenvalue weighted by atomic mass is 16.2. The lowest BCUT2D eigenvalue weighted by atomic mass is 10.2. The first kappa shape index (κ1) is 25.0. The molecule has 1 aliphatic rings. The Morgan fingerprint density at radius 3 is 2.42 bits per heavy atom. The summed E-state index contributed by atoms with van der Waals surface area (Å²) in [7, 11) is 1.78. The molecule has 1 heterocycles. The number of guanidine groups is 1. The molecule has 1 aromatic carbocycles. The molecule has 0 aromatic heterocycles. The minimum absolute atomic E-state index is 0.211. The van der Waals surface area contributed by atoms with Crippen molar-refractivity contribution in [3.05, 3.63) is 30.3 Å². The molecule has 174 valence electrons. The van der Waals surface area contributed by atoms with E-state index >= 15 is 0 Å². The van der Waals surface area contributed by atoms with Crippen molar-refractivity contribution in [1.29, 1.82) is 0 Å². The number of hydrogen-bond donors (Lipinski definition) is 2. The van der Waals surface area contributed by atoms with Gasteiger partial charge in [-0.3, -0.25) is 9.79 Å². The summed E-state index contributed by atoms with van der Waals surface area (Å²) in [6, 6.07) is 10.8. The van der Waals surface area contributed by atoms with E-state index in [1.807, 2.05) is 11.0 Å². The molecule has 2 rings (SSSR count). The zero-order valence-corrected chi connectivity index (χ0v) is 19.9. The van der Waals surface area contributed by atoms with Gasteiger partial charge in [-0.15, -0.1) is 0 Å². The summed E-state index contributed by atoms with van der Waals surface area (Å²) in [5.74, 6) is 0.986. The van der Waals surface area contributed by atoms with E-state index in [0.29, 0.717) is 19.0 Å². The normalized spacial score (nSPS) is 15.8. The quantitative estimate of drug-likeness (QED) is 0.417. The second-order valence-corrected chi connectivity index (χ2v) is 8.17. The molecule has 1 fully saturated rings. The first-order chi connectivity index (χ1) is 15.1. The van der Waals surface area contributed by atoms with Gasteiger partial charge in [0.2, 0.25) is 5.91 Å². The van der Waals surface area contributed by atoms with Gasteiger partial charge in [0.15, 0.2) is 5.96 Å². The van der Waals surface area contributed by atoms with Gasteiger partial charge >= 0.3 is 0 Å². The van der Waals surface area contributed by atoms with Crippen molar-refractivity contribution in [2.75, 3.05) is 64.3 Å². The van der Waals surface area contributed by atoms with E-state index < -0.39 is 0 Å². The van der Waals surface area contributed by atoms with Crippen LogP contribution in [0.3, 0.4) is 0 Å². The van der Waals surface area contributed by atoms with Crippen molar-refractivity contribution in [2.45, 2.75) is 46.1 Å². The predicted octanol–water partition coefficient (Wildman–Crippen LogP) is 2.40. The van der Waals surface area contributed by atoms with Crippen molar-refractivity contribution in [1.82, 2.24) is 20.4 Å². The van der Waals surface area contributed by atoms with Crippen LogP contribution in [0, 0.1) is 0 Å². The van der Waals surface area contributed by atoms with E-state index in [9.17, 15) is 4.79 Å². The summed E-state index contributed by atoms with van der Waals surface area (Å²) >= 11 is 0. The number of benzene rings is 1. The lowest BCUT2D eigenvalue weighted by Gasteiger charge is -2.36. The van der Waals surface area contributed by atoms with Gasteiger partial charge < -0.3 is 25.3 Å². The van der Waals surface area contributed by atoms with Crippen LogP contribution < -0.4 is 15.5 Å². The van der Waals surface area contributed by atoms with E-state index in [1.165, 1.54) is 12.1 Å². The van der Waals surface area contributed by atoms with Gasteiger partial charge in [0, 0.05) is 57.9 Å². The number of nitrogens with one attached hydrogen (secondary N) is 2. The fourth-order valence-electron chi connectivity index (χ4n) is 3.96. The molecule has 1 aromatic rings. The van der Waals surface area contributed by atoms with Crippen LogP contribution in [0.1, 0.15) is 40.0 Å². The number of rotatable bonds is 11. The van der Waals surface area contributed by atoms with Crippen LogP contribution in [0.4, 0.5) is 5.69 Å². The first-order valence-corrected chi connectivity index (χ1v) is 11.8. The maximum atomic E-state index is 12.6. The highest BCUT2D eigenvalue weighted by Crippen LogP contribution is 2.15. The predicted molar refractivity (Wildman–Crippen MR) is 131 cm³/mol. The number of piperazine rings is 1. The Labute approximate surface area is 188 Å². The average Bonchev–Trinajstić information content (AvgIpc) is 2.81. The molecule has 1 saturated heterocycles. The lowest BCUT2D eigenvalue weighted by molar-refractivity contribution is -0.131. The van der Waals surface area contributed by atoms with Gasteiger partial charge in [-0.25, -0.2) is 0 Å². The largest absolute Gasteiger partial charge is 0.368 e. The van der Waals surface area contributed by atoms with E-state index in [1.54, 1.807) is 7.05 Å². The number of amides is 1. The molecule has 0 bridgehead atoms. The molecule has 7 nitrogen and oxygen atoms in total. The van der Waals surface area contributed by atoms with Crippen molar-refractivity contribution >= 4 is 17.6 Å². The Bertz CT molecular complexity index is 653. The van der Waals surface area contributed by atoms with Crippen molar-refractivity contribution in [2.24, 2.45) is 4.99 Å². The molecule has 1 unspecified atom stereocenters. The molecule has 2 N–H and O–H groups in total. The minimum Gasteiger partial charge on any atom is -0.368 e. The van der Waals surface area contributed by atoms with Gasteiger partial charge in [-0.1, -0.05) is 32.0 Å². The fourth-order valence-corrected chi connectivity index (χ4v) is 3.96. The Morgan fingerprint density at radius 2 is 1.81 bits per heavy atom. The van der Waals surface area contributed by atoms with E-state index in [-0.39, 0.29) is 5.91 Å². The Hall–Kier alpha value is -2.28. The van der Waals surface area contributed by atoms with Crippen LogP contribution in [0.25, 0.3) is 0 Å². The molecule has 0 radical (unpaired) electrons. The van der Waals surface area contributed by atoms with Crippen LogP contribution in [-0.4, -0.2) is 87.1 Å². The SMILES string of the molecule is CCN(CC)CCCC(C)NC(=NC)NCCC(=O)N1CCN(c2ccccc2)CC1. The maximum absolute atomic E-state index is 12.6. The number of carbonyl (C=O) groups is 1. The lowest BCUT2D eigenvalue weighted by Crippen LogP contribution is -2.49. The van der Waals surface area contributed by atoms with E-state index in [4.69, 9.17) is 0 Å². The second-order valence-electron chi connectivity index (χ2n) is 8.17. The summed E-state index contributed by atoms with van der Waals surface area (Å²) in [6.45, 7) is 13.9. The van der Waals surface area contributed by atoms with Crippen molar-refractivity contribution < 1.29 is 4.79 Å². The fraction of sp³-hybridized carbons (Fsp3) is 0.667. The zero-order chi connectivity index (χ0) is 22.5. The first-order valence-electron chi connectivity index (χ1n) is 11.8. The Kier molecular flexibility index (Phi) is 11.2. The van der Waals surface area contributed by atoms with Crippen LogP contribution >= 0.6 is 0 Å². The molecule has 1 amide bonds. The number of hydrogen-bond acceptors (Lipinski definition) is 4. The smallest absolute Gasteiger partial charge is 0.224 e. The van der Waals surface area contributed by atoms with Gasteiger partial charge in [-0.2, -0.15) is 0 Å². The third kappa shape index (κ3) is 8.77. The molecule has 1 aliphatic heterocycles. The number of carbonyl (C=O) groups excluding carboxylic acids is 1. The Balaban J connectivity index is 1.63. The van der Waals surface area contributed by atoms with Crippen LogP contribution in [0.15, 0.2) is 35.3 Å². The topological polar surface area (TPSA) is 63.2 Å². The summed E-state index contributed by atoms with van der Waals surface area (Å²) in [5.41, 5.74) is 1.23. The molecule has 0 spiro atoms. The van der Waals surface area contributed by atoms with Crippen LogP contribution in [0.2, 0.25) is 0 Å².